The molecule has 1 aliphatic rings. The highest BCUT2D eigenvalue weighted by atomic mass is 16.5. The molecule has 2 heterocycles. The lowest BCUT2D eigenvalue weighted by Gasteiger charge is -2.31. The van der Waals surface area contributed by atoms with Crippen LogP contribution in [-0.2, 0) is 6.54 Å². The fraction of sp³-hybridized carbons (Fsp3) is 0.438. The average Bonchev–Trinajstić information content (AvgIpc) is 2.94. The van der Waals surface area contributed by atoms with E-state index < -0.39 is 0 Å². The first-order valence-corrected chi connectivity index (χ1v) is 7.26. The van der Waals surface area contributed by atoms with Gasteiger partial charge in [0.05, 0.1) is 11.6 Å². The summed E-state index contributed by atoms with van der Waals surface area (Å²) >= 11 is 0. The maximum absolute atomic E-state index is 8.97. The van der Waals surface area contributed by atoms with Crippen LogP contribution < -0.4 is 0 Å². The molecule has 1 aliphatic heterocycles. The quantitative estimate of drug-likeness (QED) is 0.865. The van der Waals surface area contributed by atoms with E-state index in [-0.39, 0.29) is 0 Å². The molecule has 21 heavy (non-hydrogen) atoms. The first-order chi connectivity index (χ1) is 10.2. The monoisotopic (exact) mass is 282 g/mol. The van der Waals surface area contributed by atoms with Crippen molar-refractivity contribution in [2.75, 3.05) is 13.1 Å². The fourth-order valence-electron chi connectivity index (χ4n) is 2.89. The zero-order chi connectivity index (χ0) is 14.7. The summed E-state index contributed by atoms with van der Waals surface area (Å²) in [6, 6.07) is 10.0. The van der Waals surface area contributed by atoms with Crippen LogP contribution in [0, 0.1) is 18.3 Å². The number of aryl methyl sites for hydroxylation is 1. The van der Waals surface area contributed by atoms with Crippen LogP contribution in [0.15, 0.2) is 28.8 Å². The number of aromatic nitrogens is 2. The van der Waals surface area contributed by atoms with Crippen LogP contribution in [0.1, 0.15) is 41.6 Å². The lowest BCUT2D eigenvalue weighted by molar-refractivity contribution is 0.194. The molecule has 0 unspecified atom stereocenters. The second-order valence-corrected chi connectivity index (χ2v) is 5.56. The number of rotatable bonds is 3. The van der Waals surface area contributed by atoms with Crippen LogP contribution in [-0.4, -0.2) is 28.1 Å². The van der Waals surface area contributed by atoms with E-state index in [1.54, 1.807) is 0 Å². The molecule has 5 nitrogen and oxygen atoms in total. The number of nitrogens with zero attached hydrogens (tertiary/aromatic N) is 4. The second-order valence-electron chi connectivity index (χ2n) is 5.56. The Morgan fingerprint density at radius 1 is 1.48 bits per heavy atom. The van der Waals surface area contributed by atoms with Gasteiger partial charge in [-0.15, -0.1) is 0 Å². The molecule has 0 amide bonds. The predicted octanol–water partition coefficient (Wildman–Crippen LogP) is 2.63. The number of likely N-dealkylation sites (tertiary alicyclic amines) is 1. The smallest absolute Gasteiger partial charge is 0.223 e. The van der Waals surface area contributed by atoms with Crippen LogP contribution in [0.5, 0.6) is 0 Å². The SMILES string of the molecule is Cc1nc([C@@H]2CCCN(Cc3cccc(C#N)c3)C2)no1. The first-order valence-electron chi connectivity index (χ1n) is 7.26. The minimum absolute atomic E-state index is 0.343. The van der Waals surface area contributed by atoms with E-state index in [0.717, 1.165) is 43.9 Å². The molecule has 1 fully saturated rings. The van der Waals surface area contributed by atoms with Gasteiger partial charge in [-0.05, 0) is 37.1 Å². The van der Waals surface area contributed by atoms with Gasteiger partial charge in [-0.3, -0.25) is 4.90 Å². The van der Waals surface area contributed by atoms with Crippen molar-refractivity contribution in [1.82, 2.24) is 15.0 Å². The molecule has 0 radical (unpaired) electrons. The summed E-state index contributed by atoms with van der Waals surface area (Å²) in [5.74, 6) is 1.79. The molecule has 2 aromatic rings. The molecular weight excluding hydrogens is 264 g/mol. The van der Waals surface area contributed by atoms with Crippen molar-refractivity contribution in [3.05, 3.63) is 47.1 Å². The number of nitriles is 1. The van der Waals surface area contributed by atoms with Crippen LogP contribution in [0.4, 0.5) is 0 Å². The summed E-state index contributed by atoms with van der Waals surface area (Å²) in [6.07, 6.45) is 2.24. The molecule has 0 aliphatic carbocycles. The maximum atomic E-state index is 8.97. The zero-order valence-corrected chi connectivity index (χ0v) is 12.1. The molecule has 1 aromatic carbocycles. The molecular formula is C16H18N4O. The van der Waals surface area contributed by atoms with Crippen LogP contribution >= 0.6 is 0 Å². The van der Waals surface area contributed by atoms with Gasteiger partial charge < -0.3 is 4.52 Å². The van der Waals surface area contributed by atoms with E-state index >= 15 is 0 Å². The van der Waals surface area contributed by atoms with Crippen molar-refractivity contribution < 1.29 is 4.52 Å². The van der Waals surface area contributed by atoms with Gasteiger partial charge in [0.2, 0.25) is 5.89 Å². The van der Waals surface area contributed by atoms with Gasteiger partial charge in [0.25, 0.3) is 0 Å². The molecule has 0 saturated carbocycles. The molecule has 0 spiro atoms. The van der Waals surface area contributed by atoms with E-state index in [0.29, 0.717) is 11.8 Å². The summed E-state index contributed by atoms with van der Waals surface area (Å²) in [4.78, 5) is 6.75. The number of hydrogen-bond acceptors (Lipinski definition) is 5. The van der Waals surface area contributed by atoms with E-state index in [1.165, 1.54) is 5.56 Å². The van der Waals surface area contributed by atoms with Gasteiger partial charge >= 0.3 is 0 Å². The summed E-state index contributed by atoms with van der Waals surface area (Å²) in [5, 5.41) is 13.0. The minimum atomic E-state index is 0.343. The van der Waals surface area contributed by atoms with E-state index in [9.17, 15) is 0 Å². The molecule has 5 heteroatoms. The van der Waals surface area contributed by atoms with Crippen LogP contribution in [0.25, 0.3) is 0 Å². The molecule has 0 bridgehead atoms. The van der Waals surface area contributed by atoms with E-state index in [1.807, 2.05) is 25.1 Å². The molecule has 108 valence electrons. The minimum Gasteiger partial charge on any atom is -0.340 e. The van der Waals surface area contributed by atoms with Crippen molar-refractivity contribution >= 4 is 0 Å². The highest BCUT2D eigenvalue weighted by Crippen LogP contribution is 2.25. The number of piperidine rings is 1. The van der Waals surface area contributed by atoms with Gasteiger partial charge in [0.1, 0.15) is 0 Å². The zero-order valence-electron chi connectivity index (χ0n) is 12.1. The van der Waals surface area contributed by atoms with Gasteiger partial charge in [0.15, 0.2) is 5.82 Å². The highest BCUT2D eigenvalue weighted by molar-refractivity contribution is 5.32. The Labute approximate surface area is 124 Å². The third-order valence-electron chi connectivity index (χ3n) is 3.88. The largest absolute Gasteiger partial charge is 0.340 e. The Balaban J connectivity index is 1.67. The topological polar surface area (TPSA) is 66.0 Å². The summed E-state index contributed by atoms with van der Waals surface area (Å²) in [6.45, 7) is 4.70. The second kappa shape index (κ2) is 6.06. The van der Waals surface area contributed by atoms with Gasteiger partial charge in [-0.2, -0.15) is 10.2 Å². The lowest BCUT2D eigenvalue weighted by atomic mass is 9.97. The fourth-order valence-corrected chi connectivity index (χ4v) is 2.89. The molecule has 3 rings (SSSR count). The Bertz CT molecular complexity index is 658. The summed E-state index contributed by atoms with van der Waals surface area (Å²) in [7, 11) is 0. The molecule has 0 N–H and O–H groups in total. The first kappa shape index (κ1) is 13.8. The van der Waals surface area contributed by atoms with Crippen molar-refractivity contribution in [3.63, 3.8) is 0 Å². The standard InChI is InChI=1S/C16H18N4O/c1-12-18-16(19-21-12)15-6-3-7-20(11-15)10-14-5-2-4-13(8-14)9-17/h2,4-5,8,15H,3,6-7,10-11H2,1H3/t15-/m1/s1. The number of hydrogen-bond donors (Lipinski definition) is 0. The van der Waals surface area contributed by atoms with Gasteiger partial charge in [0, 0.05) is 25.9 Å². The summed E-state index contributed by atoms with van der Waals surface area (Å²) < 4.78 is 5.09. The Morgan fingerprint density at radius 2 is 2.38 bits per heavy atom. The van der Waals surface area contributed by atoms with Gasteiger partial charge in [-0.1, -0.05) is 17.3 Å². The third-order valence-corrected chi connectivity index (χ3v) is 3.88. The lowest BCUT2D eigenvalue weighted by Crippen LogP contribution is -2.34. The highest BCUT2D eigenvalue weighted by Gasteiger charge is 2.24. The van der Waals surface area contributed by atoms with Crippen molar-refractivity contribution in [2.45, 2.75) is 32.2 Å². The Morgan fingerprint density at radius 3 is 3.14 bits per heavy atom. The Hall–Kier alpha value is -2.19. The number of benzene rings is 1. The van der Waals surface area contributed by atoms with Crippen LogP contribution in [0.3, 0.4) is 0 Å². The normalized spacial score (nSPS) is 19.3. The Kier molecular flexibility index (Phi) is 3.98. The van der Waals surface area contributed by atoms with Crippen molar-refractivity contribution in [1.29, 1.82) is 5.26 Å². The van der Waals surface area contributed by atoms with Crippen LogP contribution in [0.2, 0.25) is 0 Å². The van der Waals surface area contributed by atoms with Gasteiger partial charge in [-0.25, -0.2) is 0 Å². The molecule has 1 aromatic heterocycles. The van der Waals surface area contributed by atoms with Crippen molar-refractivity contribution in [2.24, 2.45) is 0 Å². The predicted molar refractivity (Wildman–Crippen MR) is 77.4 cm³/mol. The van der Waals surface area contributed by atoms with E-state index in [4.69, 9.17) is 9.78 Å². The molecule has 1 atom stereocenters. The van der Waals surface area contributed by atoms with E-state index in [2.05, 4.69) is 27.2 Å². The molecule has 1 saturated heterocycles. The summed E-state index contributed by atoms with van der Waals surface area (Å²) in [5.41, 5.74) is 1.90. The average molecular weight is 282 g/mol. The third kappa shape index (κ3) is 3.29. The van der Waals surface area contributed by atoms with Crippen molar-refractivity contribution in [3.8, 4) is 6.07 Å². The maximum Gasteiger partial charge on any atom is 0.223 e.